The minimum atomic E-state index is -3.52. The highest BCUT2D eigenvalue weighted by Crippen LogP contribution is 2.26. The van der Waals surface area contributed by atoms with Crippen LogP contribution in [0.25, 0.3) is 0 Å². The van der Waals surface area contributed by atoms with Crippen LogP contribution in [0.5, 0.6) is 5.88 Å². The molecule has 154 valence electrons. The van der Waals surface area contributed by atoms with Gasteiger partial charge < -0.3 is 4.74 Å². The van der Waals surface area contributed by atoms with Crippen molar-refractivity contribution in [2.45, 2.75) is 38.8 Å². The van der Waals surface area contributed by atoms with Gasteiger partial charge in [0.15, 0.2) is 9.84 Å². The molecule has 0 saturated heterocycles. The van der Waals surface area contributed by atoms with Crippen LogP contribution in [0.4, 0.5) is 0 Å². The number of hydrogen-bond acceptors (Lipinski definition) is 6. The number of hydrogen-bond donors (Lipinski definition) is 0. The van der Waals surface area contributed by atoms with Crippen LogP contribution in [-0.2, 0) is 22.9 Å². The van der Waals surface area contributed by atoms with E-state index >= 15 is 0 Å². The zero-order chi connectivity index (χ0) is 21.3. The Morgan fingerprint density at radius 3 is 2.59 bits per heavy atom. The molecule has 0 bridgehead atoms. The number of benzene rings is 1. The third-order valence-electron chi connectivity index (χ3n) is 4.46. The molecule has 0 saturated carbocycles. The summed E-state index contributed by atoms with van der Waals surface area (Å²) in [6.07, 6.45) is 4.17. The summed E-state index contributed by atoms with van der Waals surface area (Å²) in [6.45, 7) is 6.09. The van der Waals surface area contributed by atoms with Gasteiger partial charge in [-0.05, 0) is 44.0 Å². The molecule has 2 heterocycles. The summed E-state index contributed by atoms with van der Waals surface area (Å²) in [5, 5.41) is 8.79. The molecule has 0 aliphatic carbocycles. The molecule has 0 amide bonds. The Morgan fingerprint density at radius 1 is 1.28 bits per heavy atom. The molecule has 3 aromatic rings. The normalized spacial score (nSPS) is 11.6. The first-order valence-corrected chi connectivity index (χ1v) is 11.1. The number of halogens is 1. The lowest BCUT2D eigenvalue weighted by molar-refractivity contribution is 0.0717. The second kappa shape index (κ2) is 8.00. The molecule has 2 aromatic heterocycles. The first kappa shape index (κ1) is 21.1. The fourth-order valence-electron chi connectivity index (χ4n) is 3.06. The Kier molecular flexibility index (Phi) is 5.81. The van der Waals surface area contributed by atoms with Crippen molar-refractivity contribution in [3.63, 3.8) is 0 Å². The van der Waals surface area contributed by atoms with Gasteiger partial charge >= 0.3 is 5.97 Å². The van der Waals surface area contributed by atoms with E-state index in [9.17, 15) is 13.2 Å². The van der Waals surface area contributed by atoms with Crippen molar-refractivity contribution in [2.24, 2.45) is 0 Å². The number of sulfone groups is 1. The van der Waals surface area contributed by atoms with E-state index < -0.39 is 15.8 Å². The van der Waals surface area contributed by atoms with E-state index in [0.29, 0.717) is 28.6 Å². The number of carbonyl (C=O) groups is 1. The molecule has 0 radical (unpaired) electrons. The molecular weight excluding hydrogens is 416 g/mol. The van der Waals surface area contributed by atoms with Gasteiger partial charge in [-0.3, -0.25) is 4.68 Å². The summed E-state index contributed by atoms with van der Waals surface area (Å²) in [7, 11) is -3.52. The molecule has 1 aromatic carbocycles. The molecule has 10 heteroatoms. The zero-order valence-electron chi connectivity index (χ0n) is 16.5. The van der Waals surface area contributed by atoms with Gasteiger partial charge in [-0.15, -0.1) is 0 Å². The van der Waals surface area contributed by atoms with Crippen molar-refractivity contribution in [3.05, 3.63) is 58.0 Å². The van der Waals surface area contributed by atoms with Gasteiger partial charge in [-0.1, -0.05) is 11.6 Å². The first-order chi connectivity index (χ1) is 13.6. The number of ether oxygens (including phenoxy) is 1. The van der Waals surface area contributed by atoms with Crippen molar-refractivity contribution in [1.29, 1.82) is 0 Å². The second-order valence-electron chi connectivity index (χ2n) is 6.67. The van der Waals surface area contributed by atoms with Gasteiger partial charge in [-0.2, -0.15) is 10.2 Å². The van der Waals surface area contributed by atoms with Gasteiger partial charge in [0.05, 0.1) is 33.9 Å². The Hall–Kier alpha value is -2.65. The quantitative estimate of drug-likeness (QED) is 0.551. The van der Waals surface area contributed by atoms with E-state index in [1.54, 1.807) is 23.9 Å². The van der Waals surface area contributed by atoms with Crippen molar-refractivity contribution in [1.82, 2.24) is 19.6 Å². The highest BCUT2D eigenvalue weighted by molar-refractivity contribution is 7.90. The van der Waals surface area contributed by atoms with Crippen molar-refractivity contribution >= 4 is 27.4 Å². The van der Waals surface area contributed by atoms with E-state index in [4.69, 9.17) is 16.3 Å². The van der Waals surface area contributed by atoms with E-state index in [1.165, 1.54) is 23.0 Å². The summed E-state index contributed by atoms with van der Waals surface area (Å²) in [4.78, 5) is 13.0. The topological polar surface area (TPSA) is 96.1 Å². The second-order valence-corrected chi connectivity index (χ2v) is 9.09. The third-order valence-corrected chi connectivity index (χ3v) is 5.84. The molecule has 0 atom stereocenters. The molecule has 0 fully saturated rings. The van der Waals surface area contributed by atoms with E-state index in [0.717, 1.165) is 11.9 Å². The maximum Gasteiger partial charge on any atom is 0.345 e. The fraction of sp³-hybridized carbons (Fsp3) is 0.316. The molecule has 0 aliphatic rings. The number of aryl methyl sites for hydroxylation is 2. The van der Waals surface area contributed by atoms with Crippen LogP contribution < -0.4 is 4.74 Å². The van der Waals surface area contributed by atoms with Crippen LogP contribution in [0, 0.1) is 13.8 Å². The van der Waals surface area contributed by atoms with Crippen LogP contribution in [0.1, 0.15) is 34.1 Å². The number of rotatable bonds is 6. The van der Waals surface area contributed by atoms with Gasteiger partial charge in [0.25, 0.3) is 0 Å². The van der Waals surface area contributed by atoms with Crippen molar-refractivity contribution < 1.29 is 17.9 Å². The van der Waals surface area contributed by atoms with Gasteiger partial charge in [-0.25, -0.2) is 17.9 Å². The number of esters is 1. The molecule has 0 aliphatic heterocycles. The SMILES string of the molecule is CCn1nc(C)cc1OC(=O)c1ccc(S(C)(=O)=O)c(Cn2cc(Cl)cn2)c1C. The summed E-state index contributed by atoms with van der Waals surface area (Å²) in [5.74, 6) is -0.251. The summed E-state index contributed by atoms with van der Waals surface area (Å²) in [5.41, 5.74) is 1.97. The Balaban J connectivity index is 2.03. The number of carbonyl (C=O) groups excluding carboxylic acids is 1. The zero-order valence-corrected chi connectivity index (χ0v) is 18.1. The lowest BCUT2D eigenvalue weighted by Crippen LogP contribution is -2.17. The van der Waals surface area contributed by atoms with Crippen molar-refractivity contribution in [2.75, 3.05) is 6.26 Å². The van der Waals surface area contributed by atoms with E-state index in [2.05, 4.69) is 10.2 Å². The average molecular weight is 437 g/mol. The fourth-order valence-corrected chi connectivity index (χ4v) is 4.20. The largest absolute Gasteiger partial charge is 0.404 e. The van der Waals surface area contributed by atoms with Crippen LogP contribution in [0.2, 0.25) is 5.02 Å². The van der Waals surface area contributed by atoms with E-state index in [-0.39, 0.29) is 17.0 Å². The van der Waals surface area contributed by atoms with Crippen molar-refractivity contribution in [3.8, 4) is 5.88 Å². The average Bonchev–Trinajstić information content (AvgIpc) is 3.20. The Bertz CT molecular complexity index is 1180. The van der Waals surface area contributed by atoms with Gasteiger partial charge in [0, 0.05) is 25.1 Å². The lowest BCUT2D eigenvalue weighted by atomic mass is 10.0. The van der Waals surface area contributed by atoms with Crippen LogP contribution >= 0.6 is 11.6 Å². The Morgan fingerprint density at radius 2 is 2.00 bits per heavy atom. The summed E-state index contributed by atoms with van der Waals surface area (Å²) >= 11 is 5.91. The smallest absolute Gasteiger partial charge is 0.345 e. The number of nitrogens with zero attached hydrogens (tertiary/aromatic N) is 4. The summed E-state index contributed by atoms with van der Waals surface area (Å²) < 4.78 is 33.2. The van der Waals surface area contributed by atoms with Crippen LogP contribution in [0.3, 0.4) is 0 Å². The number of aromatic nitrogens is 4. The molecule has 3 rings (SSSR count). The molecule has 29 heavy (non-hydrogen) atoms. The maximum absolute atomic E-state index is 12.8. The lowest BCUT2D eigenvalue weighted by Gasteiger charge is -2.15. The molecular formula is C19H21ClN4O4S. The highest BCUT2D eigenvalue weighted by atomic mass is 35.5. The van der Waals surface area contributed by atoms with Gasteiger partial charge in [0.2, 0.25) is 5.88 Å². The summed E-state index contributed by atoms with van der Waals surface area (Å²) in [6, 6.07) is 4.56. The highest BCUT2D eigenvalue weighted by Gasteiger charge is 2.23. The van der Waals surface area contributed by atoms with Gasteiger partial charge in [0.1, 0.15) is 0 Å². The molecule has 0 unspecified atom stereocenters. The monoisotopic (exact) mass is 436 g/mol. The van der Waals surface area contributed by atoms with Crippen LogP contribution in [0.15, 0.2) is 35.5 Å². The first-order valence-electron chi connectivity index (χ1n) is 8.87. The predicted molar refractivity (Wildman–Crippen MR) is 108 cm³/mol. The standard InChI is InChI=1S/C19H21ClN4O4S/c1-5-24-18(8-12(2)22-24)28-19(25)15-6-7-17(29(4,26)27)16(13(15)3)11-23-10-14(20)9-21-23/h6-10H,5,11H2,1-4H3. The minimum Gasteiger partial charge on any atom is -0.404 e. The van der Waals surface area contributed by atoms with E-state index in [1.807, 2.05) is 13.8 Å². The maximum atomic E-state index is 12.8. The minimum absolute atomic E-state index is 0.132. The predicted octanol–water partition coefficient (Wildman–Crippen LogP) is 3.04. The Labute approximate surface area is 174 Å². The third kappa shape index (κ3) is 4.51. The van der Waals surface area contributed by atoms with Crippen LogP contribution in [-0.4, -0.2) is 40.2 Å². The molecule has 0 N–H and O–H groups in total. The molecule has 8 nitrogen and oxygen atoms in total. The molecule has 0 spiro atoms.